The lowest BCUT2D eigenvalue weighted by molar-refractivity contribution is -0.116. The van der Waals surface area contributed by atoms with Crippen molar-refractivity contribution in [2.24, 2.45) is 5.92 Å². The predicted molar refractivity (Wildman–Crippen MR) is 72.5 cm³/mol. The van der Waals surface area contributed by atoms with Crippen LogP contribution in [0.25, 0.3) is 0 Å². The summed E-state index contributed by atoms with van der Waals surface area (Å²) in [6.45, 7) is 3.41. The average molecular weight is 244 g/mol. The third-order valence-corrected chi connectivity index (χ3v) is 4.09. The van der Waals surface area contributed by atoms with Gasteiger partial charge in [0, 0.05) is 18.2 Å². The van der Waals surface area contributed by atoms with Gasteiger partial charge in [0.15, 0.2) is 0 Å². The van der Waals surface area contributed by atoms with Gasteiger partial charge < -0.3 is 10.6 Å². The van der Waals surface area contributed by atoms with Crippen LogP contribution in [0.2, 0.25) is 0 Å². The van der Waals surface area contributed by atoms with Gasteiger partial charge >= 0.3 is 0 Å². The van der Waals surface area contributed by atoms with E-state index in [0.29, 0.717) is 12.5 Å². The van der Waals surface area contributed by atoms with Crippen LogP contribution in [0.3, 0.4) is 0 Å². The molecule has 3 heteroatoms. The van der Waals surface area contributed by atoms with Crippen LogP contribution in [0.5, 0.6) is 0 Å². The van der Waals surface area contributed by atoms with E-state index in [1.54, 1.807) is 0 Å². The van der Waals surface area contributed by atoms with Crippen LogP contribution in [0.4, 0.5) is 5.69 Å². The molecule has 3 nitrogen and oxygen atoms in total. The maximum atomic E-state index is 11.3. The number of amides is 1. The van der Waals surface area contributed by atoms with Crippen LogP contribution in [0.15, 0.2) is 18.2 Å². The van der Waals surface area contributed by atoms with Crippen LogP contribution in [0.1, 0.15) is 43.4 Å². The summed E-state index contributed by atoms with van der Waals surface area (Å²) in [5, 5.41) is 6.55. The normalized spacial score (nSPS) is 27.5. The fourth-order valence-corrected chi connectivity index (χ4v) is 2.90. The summed E-state index contributed by atoms with van der Waals surface area (Å²) in [5.74, 6) is 0.929. The zero-order chi connectivity index (χ0) is 12.5. The smallest absolute Gasteiger partial charge is 0.224 e. The zero-order valence-electron chi connectivity index (χ0n) is 10.8. The van der Waals surface area contributed by atoms with Crippen molar-refractivity contribution in [3.8, 4) is 0 Å². The largest absolute Gasteiger partial charge is 0.326 e. The Morgan fingerprint density at radius 2 is 2.11 bits per heavy atom. The Morgan fingerprint density at radius 3 is 2.89 bits per heavy atom. The highest BCUT2D eigenvalue weighted by Gasteiger charge is 2.21. The fraction of sp³-hybridized carbons (Fsp3) is 0.533. The molecule has 2 aliphatic rings. The molecule has 0 bridgehead atoms. The van der Waals surface area contributed by atoms with Gasteiger partial charge in [0.25, 0.3) is 0 Å². The summed E-state index contributed by atoms with van der Waals surface area (Å²) in [6, 6.07) is 6.96. The molecular weight excluding hydrogens is 224 g/mol. The third kappa shape index (κ3) is 2.27. The number of carbonyl (C=O) groups excluding carboxylic acids is 1. The number of hydrogen-bond donors (Lipinski definition) is 2. The van der Waals surface area contributed by atoms with Gasteiger partial charge in [-0.2, -0.15) is 0 Å². The van der Waals surface area contributed by atoms with E-state index in [2.05, 4.69) is 35.8 Å². The Bertz CT molecular complexity index is 462. The van der Waals surface area contributed by atoms with E-state index in [9.17, 15) is 4.79 Å². The van der Waals surface area contributed by atoms with E-state index in [4.69, 9.17) is 0 Å². The minimum Gasteiger partial charge on any atom is -0.326 e. The molecule has 96 valence electrons. The van der Waals surface area contributed by atoms with Gasteiger partial charge in [-0.15, -0.1) is 0 Å². The van der Waals surface area contributed by atoms with Gasteiger partial charge in [-0.05, 0) is 48.9 Å². The molecule has 0 saturated carbocycles. The molecule has 0 unspecified atom stereocenters. The second-order valence-corrected chi connectivity index (χ2v) is 5.61. The number of nitrogens with one attached hydrogen (secondary N) is 2. The van der Waals surface area contributed by atoms with Crippen molar-refractivity contribution in [2.75, 3.05) is 11.9 Å². The van der Waals surface area contributed by atoms with Crippen molar-refractivity contribution in [1.29, 1.82) is 0 Å². The maximum absolute atomic E-state index is 11.3. The van der Waals surface area contributed by atoms with Crippen LogP contribution < -0.4 is 10.6 Å². The van der Waals surface area contributed by atoms with E-state index >= 15 is 0 Å². The Balaban J connectivity index is 1.80. The summed E-state index contributed by atoms with van der Waals surface area (Å²) in [5.41, 5.74) is 3.66. The summed E-state index contributed by atoms with van der Waals surface area (Å²) >= 11 is 0. The first kappa shape index (κ1) is 11.7. The Labute approximate surface area is 108 Å². The van der Waals surface area contributed by atoms with Crippen molar-refractivity contribution in [2.45, 2.75) is 38.6 Å². The number of benzene rings is 1. The first-order valence-electron chi connectivity index (χ1n) is 6.88. The number of piperidine rings is 1. The third-order valence-electron chi connectivity index (χ3n) is 4.09. The summed E-state index contributed by atoms with van der Waals surface area (Å²) < 4.78 is 0. The first-order chi connectivity index (χ1) is 8.72. The van der Waals surface area contributed by atoms with Gasteiger partial charge in [-0.3, -0.25) is 4.79 Å². The summed E-state index contributed by atoms with van der Waals surface area (Å²) in [6.07, 6.45) is 4.00. The van der Waals surface area contributed by atoms with Crippen LogP contribution >= 0.6 is 0 Å². The van der Waals surface area contributed by atoms with Crippen molar-refractivity contribution >= 4 is 11.6 Å². The molecule has 2 heterocycles. The number of aryl methyl sites for hydroxylation is 1. The summed E-state index contributed by atoms with van der Waals surface area (Å²) in [4.78, 5) is 11.3. The molecule has 3 rings (SSSR count). The van der Waals surface area contributed by atoms with Crippen LogP contribution in [0, 0.1) is 5.92 Å². The Morgan fingerprint density at radius 1 is 1.22 bits per heavy atom. The maximum Gasteiger partial charge on any atom is 0.224 e. The monoisotopic (exact) mass is 244 g/mol. The molecule has 1 aromatic carbocycles. The number of carbonyl (C=O) groups is 1. The molecule has 2 aliphatic heterocycles. The second kappa shape index (κ2) is 4.73. The Hall–Kier alpha value is -1.35. The lowest BCUT2D eigenvalue weighted by Gasteiger charge is -2.29. The highest BCUT2D eigenvalue weighted by atomic mass is 16.1. The van der Waals surface area contributed by atoms with E-state index in [1.807, 2.05) is 0 Å². The van der Waals surface area contributed by atoms with Gasteiger partial charge in [-0.25, -0.2) is 0 Å². The minimum atomic E-state index is 0.139. The van der Waals surface area contributed by atoms with Gasteiger partial charge in [0.05, 0.1) is 0 Å². The minimum absolute atomic E-state index is 0.139. The molecule has 1 amide bonds. The van der Waals surface area contributed by atoms with E-state index in [-0.39, 0.29) is 5.91 Å². The topological polar surface area (TPSA) is 41.1 Å². The average Bonchev–Trinajstić information content (AvgIpc) is 2.39. The predicted octanol–water partition coefficient (Wildman–Crippen LogP) is 2.63. The molecule has 18 heavy (non-hydrogen) atoms. The molecule has 1 aromatic rings. The van der Waals surface area contributed by atoms with E-state index < -0.39 is 0 Å². The van der Waals surface area contributed by atoms with Gasteiger partial charge in [0.1, 0.15) is 0 Å². The van der Waals surface area contributed by atoms with Crippen molar-refractivity contribution in [3.63, 3.8) is 0 Å². The number of rotatable bonds is 1. The fourth-order valence-electron chi connectivity index (χ4n) is 2.90. The number of fused-ring (bicyclic) bond motifs is 1. The molecule has 0 aliphatic carbocycles. The van der Waals surface area contributed by atoms with Crippen molar-refractivity contribution in [1.82, 2.24) is 5.32 Å². The lowest BCUT2D eigenvalue weighted by atomic mass is 9.90. The molecule has 1 saturated heterocycles. The highest BCUT2D eigenvalue weighted by Crippen LogP contribution is 2.30. The number of hydrogen-bond acceptors (Lipinski definition) is 2. The second-order valence-electron chi connectivity index (χ2n) is 5.61. The molecule has 0 aromatic heterocycles. The molecule has 1 fully saturated rings. The molecule has 0 radical (unpaired) electrons. The standard InChI is InChI=1S/C15H20N2O/c1-10-2-5-13(16-9-10)11-3-6-14-12(8-11)4-7-15(18)17-14/h3,6,8,10,13,16H,2,4-5,7,9H2,1H3,(H,17,18)/t10-,13+/m1/s1. The molecule has 0 spiro atoms. The van der Waals surface area contributed by atoms with Gasteiger partial charge in [0.2, 0.25) is 5.91 Å². The van der Waals surface area contributed by atoms with Crippen molar-refractivity contribution < 1.29 is 4.79 Å². The number of anilines is 1. The Kier molecular flexibility index (Phi) is 3.08. The van der Waals surface area contributed by atoms with E-state index in [0.717, 1.165) is 24.6 Å². The van der Waals surface area contributed by atoms with Crippen LogP contribution in [-0.2, 0) is 11.2 Å². The lowest BCUT2D eigenvalue weighted by Crippen LogP contribution is -2.32. The first-order valence-corrected chi connectivity index (χ1v) is 6.88. The van der Waals surface area contributed by atoms with Gasteiger partial charge in [-0.1, -0.05) is 19.1 Å². The highest BCUT2D eigenvalue weighted by molar-refractivity contribution is 5.93. The quantitative estimate of drug-likeness (QED) is 0.797. The summed E-state index contributed by atoms with van der Waals surface area (Å²) in [7, 11) is 0. The van der Waals surface area contributed by atoms with Crippen molar-refractivity contribution in [3.05, 3.63) is 29.3 Å². The molecular formula is C15H20N2O. The molecule has 2 atom stereocenters. The SMILES string of the molecule is C[C@@H]1CC[C@@H](c2ccc3c(c2)CCC(=O)N3)NC1. The van der Waals surface area contributed by atoms with E-state index in [1.165, 1.54) is 24.0 Å². The van der Waals surface area contributed by atoms with Crippen LogP contribution in [-0.4, -0.2) is 12.5 Å². The zero-order valence-corrected chi connectivity index (χ0v) is 10.8. The molecule has 2 N–H and O–H groups in total.